The average molecular weight is 254 g/mol. The van der Waals surface area contributed by atoms with Gasteiger partial charge in [0.2, 0.25) is 9.04 Å². The third-order valence-corrected chi connectivity index (χ3v) is 3.09. The number of alkyl halides is 6. The third kappa shape index (κ3) is 7.23. The van der Waals surface area contributed by atoms with Crippen LogP contribution in [0.4, 0.5) is 26.3 Å². The Balaban J connectivity index is 3.95. The zero-order valence-corrected chi connectivity index (χ0v) is 8.73. The predicted octanol–water partition coefficient (Wildman–Crippen LogP) is 2.40. The summed E-state index contributed by atoms with van der Waals surface area (Å²) in [7, 11) is -2.75. The zero-order chi connectivity index (χ0) is 12.3. The molecule has 0 aromatic rings. The van der Waals surface area contributed by atoms with Gasteiger partial charge >= 0.3 is 18.3 Å². The number of halogens is 6. The van der Waals surface area contributed by atoms with Crippen molar-refractivity contribution < 1.29 is 35.6 Å². The molecule has 2 nitrogen and oxygen atoms in total. The van der Waals surface area contributed by atoms with Crippen LogP contribution in [-0.2, 0) is 9.22 Å². The van der Waals surface area contributed by atoms with E-state index in [1.54, 1.807) is 0 Å². The summed E-state index contributed by atoms with van der Waals surface area (Å²) in [5.74, 6) is -2.41. The molecular weight excluding hydrogens is 246 g/mol. The largest absolute Gasteiger partial charge is 0.516 e. The Kier molecular flexibility index (Phi) is 4.62. The quantitative estimate of drug-likeness (QED) is 0.571. The molecule has 0 fully saturated rings. The Labute approximate surface area is 82.9 Å². The van der Waals surface area contributed by atoms with Crippen molar-refractivity contribution in [1.82, 2.24) is 0 Å². The fourth-order valence-electron chi connectivity index (χ4n) is 0.675. The second-order valence-electron chi connectivity index (χ2n) is 2.87. The van der Waals surface area contributed by atoms with Crippen LogP contribution >= 0.6 is 0 Å². The van der Waals surface area contributed by atoms with E-state index in [9.17, 15) is 31.1 Å². The molecule has 0 amide bonds. The highest BCUT2D eigenvalue weighted by atomic mass is 28.3. The van der Waals surface area contributed by atoms with Crippen molar-refractivity contribution >= 4 is 15.0 Å². The maximum atomic E-state index is 11.6. The van der Waals surface area contributed by atoms with E-state index in [-0.39, 0.29) is 0 Å². The molecule has 0 aliphatic carbocycles. The van der Waals surface area contributed by atoms with Crippen LogP contribution in [0.5, 0.6) is 0 Å². The highest BCUT2D eigenvalue weighted by Gasteiger charge is 2.41. The molecule has 0 N–H and O–H groups in total. The van der Waals surface area contributed by atoms with Gasteiger partial charge in [0.1, 0.15) is 0 Å². The lowest BCUT2D eigenvalue weighted by molar-refractivity contribution is -0.190. The van der Waals surface area contributed by atoms with Crippen molar-refractivity contribution in [3.63, 3.8) is 0 Å². The molecule has 0 bridgehead atoms. The molecule has 0 aliphatic heterocycles. The lowest BCUT2D eigenvalue weighted by Gasteiger charge is -2.14. The molecule has 0 spiro atoms. The fourth-order valence-corrected chi connectivity index (χ4v) is 2.03. The van der Waals surface area contributed by atoms with E-state index in [1.165, 1.54) is 0 Å². The number of carbonyl (C=O) groups excluding carboxylic acids is 1. The Hall–Kier alpha value is -0.733. The van der Waals surface area contributed by atoms with Crippen molar-refractivity contribution in [2.24, 2.45) is 0 Å². The third-order valence-electron chi connectivity index (χ3n) is 1.37. The van der Waals surface area contributed by atoms with Gasteiger partial charge in [-0.05, 0) is 12.6 Å². The van der Waals surface area contributed by atoms with Gasteiger partial charge in [0.25, 0.3) is 0 Å². The van der Waals surface area contributed by atoms with Crippen LogP contribution < -0.4 is 0 Å². The maximum Gasteiger partial charge on any atom is 0.489 e. The Morgan fingerprint density at radius 2 is 1.67 bits per heavy atom. The lowest BCUT2D eigenvalue weighted by Crippen LogP contribution is -2.31. The Morgan fingerprint density at radius 1 is 1.20 bits per heavy atom. The van der Waals surface area contributed by atoms with Crippen molar-refractivity contribution in [2.45, 2.75) is 31.4 Å². The molecule has 0 radical (unpaired) electrons. The van der Waals surface area contributed by atoms with Crippen LogP contribution in [0.15, 0.2) is 0 Å². The maximum absolute atomic E-state index is 11.6. The smallest absolute Gasteiger partial charge is 0.489 e. The van der Waals surface area contributed by atoms with Gasteiger partial charge in [0.15, 0.2) is 0 Å². The first-order valence-electron chi connectivity index (χ1n) is 3.87. The molecule has 0 aromatic carbocycles. The summed E-state index contributed by atoms with van der Waals surface area (Å²) in [6, 6.07) is -0.550. The molecule has 0 aliphatic rings. The van der Waals surface area contributed by atoms with Crippen LogP contribution in [-0.4, -0.2) is 27.4 Å². The van der Waals surface area contributed by atoms with Crippen LogP contribution in [0.25, 0.3) is 0 Å². The summed E-state index contributed by atoms with van der Waals surface area (Å²) in [6.07, 6.45) is -10.8. The topological polar surface area (TPSA) is 26.3 Å². The van der Waals surface area contributed by atoms with Gasteiger partial charge in [-0.25, -0.2) is 4.79 Å². The van der Waals surface area contributed by atoms with Gasteiger partial charge in [-0.2, -0.15) is 26.3 Å². The van der Waals surface area contributed by atoms with Gasteiger partial charge in [-0.3, -0.25) is 0 Å². The number of rotatable bonds is 3. The number of carbonyl (C=O) groups is 1. The number of hydrogen-bond donors (Lipinski definition) is 0. The van der Waals surface area contributed by atoms with E-state index in [1.807, 2.05) is 0 Å². The fraction of sp³-hybridized carbons (Fsp3) is 0.833. The summed E-state index contributed by atoms with van der Waals surface area (Å²) in [4.78, 5) is 10.2. The van der Waals surface area contributed by atoms with Gasteiger partial charge in [-0.15, -0.1) is 0 Å². The first-order valence-corrected chi connectivity index (χ1v) is 6.31. The van der Waals surface area contributed by atoms with Crippen LogP contribution in [0.3, 0.4) is 0 Å². The summed E-state index contributed by atoms with van der Waals surface area (Å²) in [5.41, 5.74) is 0. The van der Waals surface area contributed by atoms with E-state index in [2.05, 4.69) is 4.43 Å². The molecule has 15 heavy (non-hydrogen) atoms. The summed E-state index contributed by atoms with van der Waals surface area (Å²) >= 11 is 0. The minimum Gasteiger partial charge on any atom is -0.516 e. The molecule has 1 unspecified atom stereocenters. The highest BCUT2D eigenvalue weighted by Crippen LogP contribution is 2.24. The highest BCUT2D eigenvalue weighted by molar-refractivity contribution is 6.52. The van der Waals surface area contributed by atoms with E-state index < -0.39 is 39.8 Å². The second kappa shape index (κ2) is 4.86. The van der Waals surface area contributed by atoms with E-state index in [0.29, 0.717) is 0 Å². The molecule has 1 atom stereocenters. The first-order chi connectivity index (χ1) is 6.52. The molecule has 0 saturated carbocycles. The van der Waals surface area contributed by atoms with Crippen molar-refractivity contribution in [3.8, 4) is 0 Å². The minimum absolute atomic E-state index is 0.550. The van der Waals surface area contributed by atoms with Crippen LogP contribution in [0.2, 0.25) is 12.6 Å². The van der Waals surface area contributed by atoms with Crippen LogP contribution in [0.1, 0.15) is 6.42 Å². The SMILES string of the molecule is C[SiH](CCC(F)(F)F)OC(=O)C(F)(F)F. The van der Waals surface area contributed by atoms with Gasteiger partial charge in [0, 0.05) is 6.42 Å². The summed E-state index contributed by atoms with van der Waals surface area (Å²) in [5, 5.41) is 0. The number of hydrogen-bond acceptors (Lipinski definition) is 2. The molecule has 90 valence electrons. The molecule has 0 aromatic heterocycles. The van der Waals surface area contributed by atoms with E-state index >= 15 is 0 Å². The zero-order valence-electron chi connectivity index (χ0n) is 7.58. The Morgan fingerprint density at radius 3 is 2.00 bits per heavy atom. The average Bonchev–Trinajstić information content (AvgIpc) is 1.97. The second-order valence-corrected chi connectivity index (χ2v) is 5.30. The van der Waals surface area contributed by atoms with Crippen molar-refractivity contribution in [3.05, 3.63) is 0 Å². The lowest BCUT2D eigenvalue weighted by atomic mass is 10.5. The molecule has 0 heterocycles. The molecular formula is C6H8F6O2Si. The molecule has 0 rings (SSSR count). The summed E-state index contributed by atoms with van der Waals surface area (Å²) < 4.78 is 73.7. The molecule has 9 heteroatoms. The predicted molar refractivity (Wildman–Crippen MR) is 40.6 cm³/mol. The van der Waals surface area contributed by atoms with Crippen LogP contribution in [0, 0.1) is 0 Å². The monoisotopic (exact) mass is 254 g/mol. The van der Waals surface area contributed by atoms with E-state index in [4.69, 9.17) is 0 Å². The minimum atomic E-state index is -5.14. The summed E-state index contributed by atoms with van der Waals surface area (Å²) in [6.45, 7) is 1.11. The first kappa shape index (κ1) is 14.3. The van der Waals surface area contributed by atoms with Gasteiger partial charge < -0.3 is 4.43 Å². The normalized spacial score (nSPS) is 14.9. The van der Waals surface area contributed by atoms with Crippen molar-refractivity contribution in [2.75, 3.05) is 0 Å². The standard InChI is InChI=1S/C6H8F6O2Si/c1-15(3-2-5(7,8)9)14-4(13)6(10,11)12/h15H,2-3H2,1H3. The molecule has 0 saturated heterocycles. The Bertz CT molecular complexity index is 223. The van der Waals surface area contributed by atoms with Gasteiger partial charge in [-0.1, -0.05) is 0 Å². The van der Waals surface area contributed by atoms with E-state index in [0.717, 1.165) is 6.55 Å². The van der Waals surface area contributed by atoms with Crippen molar-refractivity contribution in [1.29, 1.82) is 0 Å². The van der Waals surface area contributed by atoms with Gasteiger partial charge in [0.05, 0.1) is 0 Å².